The van der Waals surface area contributed by atoms with E-state index >= 15 is 0 Å². The quantitative estimate of drug-likeness (QED) is 0.0721. The molecule has 1 aliphatic carbocycles. The van der Waals surface area contributed by atoms with Gasteiger partial charge < -0.3 is 54.5 Å². The fourth-order valence-electron chi connectivity index (χ4n) is 11.6. The molecule has 20 heteroatoms. The third-order valence-corrected chi connectivity index (χ3v) is 17.1. The Hall–Kier alpha value is -5.74. The maximum absolute atomic E-state index is 14.2. The van der Waals surface area contributed by atoms with Crippen molar-refractivity contribution in [3.63, 3.8) is 0 Å². The normalized spacial score (nSPS) is 23.2. The molecule has 76 heavy (non-hydrogen) atoms. The fraction of sp³-hybridized carbons (Fsp3) is 0.571. The van der Waals surface area contributed by atoms with E-state index in [1.165, 1.54) is 4.90 Å². The molecule has 4 atom stereocenters. The number of aryl methyl sites for hydroxylation is 1. The lowest BCUT2D eigenvalue weighted by Gasteiger charge is -2.48. The van der Waals surface area contributed by atoms with Crippen molar-refractivity contribution in [3.05, 3.63) is 83.2 Å². The van der Waals surface area contributed by atoms with Crippen LogP contribution in [0.15, 0.2) is 70.7 Å². The van der Waals surface area contributed by atoms with Crippen molar-refractivity contribution in [2.45, 2.75) is 121 Å². The van der Waals surface area contributed by atoms with Crippen LogP contribution in [0, 0.1) is 12.8 Å². The summed E-state index contributed by atoms with van der Waals surface area (Å²) in [6, 6.07) is 17.6. The van der Waals surface area contributed by atoms with E-state index in [-0.39, 0.29) is 66.4 Å². The minimum atomic E-state index is -0.824. The van der Waals surface area contributed by atoms with Gasteiger partial charge in [0.2, 0.25) is 11.8 Å². The van der Waals surface area contributed by atoms with E-state index in [2.05, 4.69) is 40.4 Å². The zero-order valence-corrected chi connectivity index (χ0v) is 45.0. The molecule has 1 spiro atoms. The number of phenols is 1. The minimum absolute atomic E-state index is 0.0576. The number of carbonyl (C=O) groups excluding carboxylic acids is 2. The molecule has 7 heterocycles. The number of phenolic OH excluding ortho intramolecular Hbond substituents is 1. The number of amides is 2. The second-order valence-corrected chi connectivity index (χ2v) is 22.6. The monoisotopic (exact) mass is 1060 g/mol. The standard InChI is InChI=1S/C56H74N10O9S/c1-35(2)51(55(70)66-32-40(67)27-47(66)54(69)59-36(3)38-9-11-39(12-10-38)52-37(4)58-34-76-52)49-31-50(62-75-49)72-25-21-63-17-13-41(14-18-63)74-43-28-42(29-43)71-24-22-64-23-26-73-56(33-64)15-19-65(20-16-56)46-30-45(60-61-53(46)57)44-7-5-6-8-48(44)68/h5-12,30-31,34-36,40-43,47,51,67-68H,13-29,32-33H2,1-4H3,(H2,57,61)(H,59,69)/t36-,40+,42?,43?,47-,51-/m0/s1. The number of benzene rings is 2. The maximum Gasteiger partial charge on any atom is 0.254 e. The summed E-state index contributed by atoms with van der Waals surface area (Å²) in [5.41, 5.74) is 13.0. The lowest BCUT2D eigenvalue weighted by Crippen LogP contribution is -2.57. The average molecular weight is 1060 g/mol. The summed E-state index contributed by atoms with van der Waals surface area (Å²) in [5.74, 6) is -0.256. The van der Waals surface area contributed by atoms with Crippen LogP contribution in [-0.2, 0) is 23.8 Å². The molecule has 2 amide bonds. The van der Waals surface area contributed by atoms with Gasteiger partial charge in [0.15, 0.2) is 11.6 Å². The van der Waals surface area contributed by atoms with Crippen molar-refractivity contribution in [2.75, 3.05) is 89.4 Å². The van der Waals surface area contributed by atoms with Gasteiger partial charge in [-0.1, -0.05) is 50.2 Å². The summed E-state index contributed by atoms with van der Waals surface area (Å²) in [5, 5.41) is 36.8. The third-order valence-electron chi connectivity index (χ3n) is 16.1. The number of nitrogen functional groups attached to an aromatic ring is 1. The summed E-state index contributed by atoms with van der Waals surface area (Å²) in [6.07, 6.45) is 5.57. The molecule has 5 fully saturated rings. The first-order valence-electron chi connectivity index (χ1n) is 27.2. The molecule has 0 unspecified atom stereocenters. The molecule has 5 aromatic rings. The number of anilines is 2. The summed E-state index contributed by atoms with van der Waals surface area (Å²) in [7, 11) is 0. The van der Waals surface area contributed by atoms with Crippen molar-refractivity contribution in [2.24, 2.45) is 5.92 Å². The smallest absolute Gasteiger partial charge is 0.254 e. The van der Waals surface area contributed by atoms with Gasteiger partial charge in [0.05, 0.1) is 76.7 Å². The number of likely N-dealkylation sites (tertiary alicyclic amines) is 2. The number of thiazole rings is 1. The van der Waals surface area contributed by atoms with Crippen molar-refractivity contribution in [3.8, 4) is 33.3 Å². The molecule has 10 rings (SSSR count). The van der Waals surface area contributed by atoms with Gasteiger partial charge in [0.25, 0.3) is 5.88 Å². The number of morpholine rings is 1. The van der Waals surface area contributed by atoms with Crippen LogP contribution in [0.25, 0.3) is 21.7 Å². The number of nitrogens with one attached hydrogen (secondary N) is 1. The molecule has 5 aliphatic rings. The van der Waals surface area contributed by atoms with E-state index in [0.29, 0.717) is 48.5 Å². The first-order chi connectivity index (χ1) is 36.8. The van der Waals surface area contributed by atoms with E-state index in [4.69, 9.17) is 29.2 Å². The van der Waals surface area contributed by atoms with Crippen LogP contribution in [-0.4, -0.2) is 172 Å². The minimum Gasteiger partial charge on any atom is -0.507 e. The highest BCUT2D eigenvalue weighted by Crippen LogP contribution is 2.38. The van der Waals surface area contributed by atoms with Gasteiger partial charge >= 0.3 is 0 Å². The van der Waals surface area contributed by atoms with Gasteiger partial charge in [-0.25, -0.2) is 4.98 Å². The number of aromatic hydroxyl groups is 1. The molecular formula is C56H74N10O9S. The van der Waals surface area contributed by atoms with Crippen molar-refractivity contribution in [1.29, 1.82) is 0 Å². The zero-order valence-electron chi connectivity index (χ0n) is 44.2. The number of rotatable bonds is 19. The highest BCUT2D eigenvalue weighted by atomic mass is 32.1. The number of ether oxygens (including phenoxy) is 4. The first kappa shape index (κ1) is 53.6. The van der Waals surface area contributed by atoms with E-state index < -0.39 is 18.1 Å². The molecule has 1 saturated carbocycles. The summed E-state index contributed by atoms with van der Waals surface area (Å²) in [4.78, 5) is 42.0. The zero-order chi connectivity index (χ0) is 52.9. The Morgan fingerprint density at radius 2 is 1.68 bits per heavy atom. The van der Waals surface area contributed by atoms with Crippen LogP contribution in [0.2, 0.25) is 0 Å². The lowest BCUT2D eigenvalue weighted by atomic mass is 9.89. The summed E-state index contributed by atoms with van der Waals surface area (Å²) >= 11 is 1.59. The van der Waals surface area contributed by atoms with E-state index in [9.17, 15) is 19.8 Å². The molecule has 0 bridgehead atoms. The number of aliphatic hydroxyl groups excluding tert-OH is 1. The SMILES string of the molecule is Cc1ncsc1-c1ccc([C@H](C)NC(=O)[C@@H]2C[C@@H](O)CN2C(=O)[C@H](c2cc(OCCN3CCC(OC4CC(OCCN5CCOC6(CCN(c7cc(-c8ccccc8O)nnc7N)CC6)C5)C4)CC3)no2)C(C)C)cc1. The van der Waals surface area contributed by atoms with Gasteiger partial charge in [-0.3, -0.25) is 19.4 Å². The van der Waals surface area contributed by atoms with Crippen LogP contribution in [0.3, 0.4) is 0 Å². The first-order valence-corrected chi connectivity index (χ1v) is 28.1. The van der Waals surface area contributed by atoms with Gasteiger partial charge in [0.1, 0.15) is 24.3 Å². The Morgan fingerprint density at radius 1 is 0.921 bits per heavy atom. The second-order valence-electron chi connectivity index (χ2n) is 21.7. The number of β-amino-alcohol motifs (C(OH)–C–C–N with tert-alkyl or cyclic N) is 1. The van der Waals surface area contributed by atoms with Crippen LogP contribution in [0.4, 0.5) is 11.5 Å². The Bertz CT molecular complexity index is 2740. The summed E-state index contributed by atoms with van der Waals surface area (Å²) in [6.45, 7) is 16.4. The molecule has 5 N–H and O–H groups in total. The van der Waals surface area contributed by atoms with Gasteiger partial charge in [-0.2, -0.15) is 0 Å². The summed E-state index contributed by atoms with van der Waals surface area (Å²) < 4.78 is 31.1. The van der Waals surface area contributed by atoms with Crippen molar-refractivity contribution < 1.29 is 43.3 Å². The predicted molar refractivity (Wildman–Crippen MR) is 288 cm³/mol. The fourth-order valence-corrected chi connectivity index (χ4v) is 12.4. The molecular weight excluding hydrogens is 989 g/mol. The largest absolute Gasteiger partial charge is 0.507 e. The van der Waals surface area contributed by atoms with Crippen LogP contribution < -0.4 is 20.7 Å². The van der Waals surface area contributed by atoms with E-state index in [1.54, 1.807) is 29.5 Å². The Balaban J connectivity index is 0.603. The molecule has 0 radical (unpaired) electrons. The number of nitrogens with two attached hydrogens (primary N) is 1. The van der Waals surface area contributed by atoms with Gasteiger partial charge in [-0.15, -0.1) is 21.5 Å². The van der Waals surface area contributed by atoms with Crippen LogP contribution in [0.5, 0.6) is 11.6 Å². The number of aromatic nitrogens is 4. The van der Waals surface area contributed by atoms with E-state index in [0.717, 1.165) is 118 Å². The molecule has 408 valence electrons. The molecule has 3 aromatic heterocycles. The number of carbonyl (C=O) groups is 2. The second kappa shape index (κ2) is 23.9. The number of nitrogens with zero attached hydrogens (tertiary/aromatic N) is 8. The molecule has 19 nitrogen and oxygen atoms in total. The van der Waals surface area contributed by atoms with Crippen LogP contribution in [0.1, 0.15) is 94.7 Å². The Kier molecular flexibility index (Phi) is 16.9. The van der Waals surface area contributed by atoms with Crippen molar-refractivity contribution >= 4 is 34.7 Å². The topological polar surface area (TPSA) is 227 Å². The highest BCUT2D eigenvalue weighted by Gasteiger charge is 2.44. The predicted octanol–water partition coefficient (Wildman–Crippen LogP) is 6.21. The lowest BCUT2D eigenvalue weighted by molar-refractivity contribution is -0.145. The highest BCUT2D eigenvalue weighted by molar-refractivity contribution is 7.13. The molecule has 4 saturated heterocycles. The van der Waals surface area contributed by atoms with Gasteiger partial charge in [0, 0.05) is 77.0 Å². The Labute approximate surface area is 449 Å². The Morgan fingerprint density at radius 3 is 2.42 bits per heavy atom. The van der Waals surface area contributed by atoms with Crippen LogP contribution >= 0.6 is 11.3 Å². The number of piperidine rings is 2. The van der Waals surface area contributed by atoms with E-state index in [1.807, 2.05) is 75.7 Å². The third kappa shape index (κ3) is 12.5. The average Bonchev–Trinajstić information content (AvgIpc) is 4.18. The van der Waals surface area contributed by atoms with Gasteiger partial charge in [-0.05, 0) is 92.8 Å². The number of aliphatic hydroxyl groups is 1. The maximum atomic E-state index is 14.2. The molecule has 2 aromatic carbocycles. The number of hydrogen-bond donors (Lipinski definition) is 4. The van der Waals surface area contributed by atoms with Crippen molar-refractivity contribution in [1.82, 2.24) is 40.4 Å². The number of para-hydroxylation sites is 1. The number of hydrogen-bond acceptors (Lipinski definition) is 18. The molecule has 4 aliphatic heterocycles.